The van der Waals surface area contributed by atoms with Crippen LogP contribution in [0.1, 0.15) is 0 Å². The molecule has 0 bridgehead atoms. The van der Waals surface area contributed by atoms with Crippen LogP contribution in [0.2, 0.25) is 0 Å². The quantitative estimate of drug-likeness (QED) is 0.280. The third-order valence-corrected chi connectivity index (χ3v) is 6.54. The first kappa shape index (κ1) is 20.4. The molecule has 36 heavy (non-hydrogen) atoms. The van der Waals surface area contributed by atoms with Crippen LogP contribution in [-0.4, -0.2) is 24.1 Å². The van der Waals surface area contributed by atoms with Gasteiger partial charge in [0.2, 0.25) is 0 Å². The molecular formula is C31H21N5. The summed E-state index contributed by atoms with van der Waals surface area (Å²) in [5.74, 6) is 1.91. The van der Waals surface area contributed by atoms with Crippen LogP contribution in [0.5, 0.6) is 0 Å². The van der Waals surface area contributed by atoms with Gasteiger partial charge in [0.15, 0.2) is 0 Å². The van der Waals surface area contributed by atoms with Gasteiger partial charge in [-0.1, -0.05) is 30.3 Å². The molecular weight excluding hydrogens is 442 g/mol. The maximum Gasteiger partial charge on any atom is 0.138 e. The van der Waals surface area contributed by atoms with Crippen LogP contribution < -0.4 is 0 Å². The lowest BCUT2D eigenvalue weighted by molar-refractivity contribution is 0.938. The van der Waals surface area contributed by atoms with Gasteiger partial charge in [-0.15, -0.1) is 0 Å². The van der Waals surface area contributed by atoms with Crippen molar-refractivity contribution < 1.29 is 0 Å². The molecule has 0 amide bonds. The number of pyridine rings is 3. The first-order chi connectivity index (χ1) is 17.9. The summed E-state index contributed by atoms with van der Waals surface area (Å²) in [6.45, 7) is 0. The van der Waals surface area contributed by atoms with Gasteiger partial charge < -0.3 is 0 Å². The molecule has 2 aromatic carbocycles. The summed E-state index contributed by atoms with van der Waals surface area (Å²) in [5.41, 5.74) is 6.34. The van der Waals surface area contributed by atoms with E-state index >= 15 is 0 Å². The Bertz CT molecular complexity index is 1720. The second-order valence-electron chi connectivity index (χ2n) is 8.65. The van der Waals surface area contributed by atoms with Gasteiger partial charge in [-0.05, 0) is 72.8 Å². The molecule has 0 spiro atoms. The lowest BCUT2D eigenvalue weighted by atomic mass is 10.0. The maximum atomic E-state index is 4.59. The van der Waals surface area contributed by atoms with Gasteiger partial charge in [0.25, 0.3) is 0 Å². The SMILES string of the molecule is c1ccc(-c2ccc3c(c2)c2cc(-c4ccccn4)ccc2n3-c2cccn2-c2ccccn2)nc1. The Morgan fingerprint density at radius 1 is 0.500 bits per heavy atom. The summed E-state index contributed by atoms with van der Waals surface area (Å²) in [6.07, 6.45) is 7.55. The maximum absolute atomic E-state index is 4.59. The summed E-state index contributed by atoms with van der Waals surface area (Å²) in [6, 6.07) is 35.3. The smallest absolute Gasteiger partial charge is 0.138 e. The molecule has 0 aliphatic heterocycles. The molecule has 5 aromatic heterocycles. The van der Waals surface area contributed by atoms with Gasteiger partial charge in [-0.3, -0.25) is 19.1 Å². The topological polar surface area (TPSA) is 48.5 Å². The number of nitrogens with zero attached hydrogens (tertiary/aromatic N) is 5. The van der Waals surface area contributed by atoms with Crippen LogP contribution in [-0.2, 0) is 0 Å². The van der Waals surface area contributed by atoms with Crippen molar-refractivity contribution in [3.8, 4) is 34.2 Å². The van der Waals surface area contributed by atoms with Gasteiger partial charge in [-0.25, -0.2) is 4.98 Å². The van der Waals surface area contributed by atoms with E-state index in [0.717, 1.165) is 45.2 Å². The van der Waals surface area contributed by atoms with E-state index in [1.807, 2.05) is 73.2 Å². The second-order valence-corrected chi connectivity index (χ2v) is 8.65. The number of fused-ring (bicyclic) bond motifs is 3. The van der Waals surface area contributed by atoms with Crippen molar-refractivity contribution in [2.24, 2.45) is 0 Å². The minimum absolute atomic E-state index is 0.878. The van der Waals surface area contributed by atoms with Crippen molar-refractivity contribution in [2.75, 3.05) is 0 Å². The summed E-state index contributed by atoms with van der Waals surface area (Å²) in [7, 11) is 0. The predicted octanol–water partition coefficient (Wildman–Crippen LogP) is 7.09. The Kier molecular flexibility index (Phi) is 4.71. The molecule has 0 aliphatic carbocycles. The van der Waals surface area contributed by atoms with E-state index in [9.17, 15) is 0 Å². The number of aromatic nitrogens is 5. The minimum atomic E-state index is 0.878. The van der Waals surface area contributed by atoms with E-state index in [0.29, 0.717) is 0 Å². The molecule has 0 saturated carbocycles. The molecule has 5 nitrogen and oxygen atoms in total. The van der Waals surface area contributed by atoms with Crippen molar-refractivity contribution in [1.82, 2.24) is 24.1 Å². The first-order valence-electron chi connectivity index (χ1n) is 11.9. The van der Waals surface area contributed by atoms with Gasteiger partial charge >= 0.3 is 0 Å². The number of hydrogen-bond donors (Lipinski definition) is 0. The lowest BCUT2D eigenvalue weighted by Gasteiger charge is -2.12. The third-order valence-electron chi connectivity index (χ3n) is 6.54. The predicted molar refractivity (Wildman–Crippen MR) is 144 cm³/mol. The van der Waals surface area contributed by atoms with Crippen LogP contribution in [0.25, 0.3) is 56.0 Å². The fourth-order valence-electron chi connectivity index (χ4n) is 4.90. The Morgan fingerprint density at radius 3 is 1.61 bits per heavy atom. The highest BCUT2D eigenvalue weighted by Crippen LogP contribution is 2.37. The van der Waals surface area contributed by atoms with Crippen molar-refractivity contribution >= 4 is 21.8 Å². The Morgan fingerprint density at radius 2 is 1.08 bits per heavy atom. The highest BCUT2D eigenvalue weighted by atomic mass is 15.2. The molecule has 0 fully saturated rings. The van der Waals surface area contributed by atoms with E-state index in [2.05, 4.69) is 78.8 Å². The summed E-state index contributed by atoms with van der Waals surface area (Å²) >= 11 is 0. The summed E-state index contributed by atoms with van der Waals surface area (Å²) in [5, 5.41) is 2.33. The molecule has 0 aliphatic rings. The largest absolute Gasteiger partial charge is 0.295 e. The van der Waals surface area contributed by atoms with Crippen LogP contribution in [0.3, 0.4) is 0 Å². The normalized spacial score (nSPS) is 11.3. The number of benzene rings is 2. The second kappa shape index (κ2) is 8.32. The Labute approximate surface area is 208 Å². The Hall–Kier alpha value is -5.03. The minimum Gasteiger partial charge on any atom is -0.295 e. The fourth-order valence-corrected chi connectivity index (χ4v) is 4.90. The summed E-state index contributed by atoms with van der Waals surface area (Å²) < 4.78 is 4.43. The van der Waals surface area contributed by atoms with Gasteiger partial charge in [-0.2, -0.15) is 0 Å². The van der Waals surface area contributed by atoms with Gasteiger partial charge in [0.05, 0.1) is 22.4 Å². The van der Waals surface area contributed by atoms with Crippen molar-refractivity contribution in [3.05, 3.63) is 128 Å². The van der Waals surface area contributed by atoms with E-state index in [4.69, 9.17) is 0 Å². The Balaban J connectivity index is 1.53. The molecule has 7 aromatic rings. The average Bonchev–Trinajstić information content (AvgIpc) is 3.56. The first-order valence-corrected chi connectivity index (χ1v) is 11.9. The average molecular weight is 464 g/mol. The van der Waals surface area contributed by atoms with Crippen LogP contribution in [0.15, 0.2) is 128 Å². The highest BCUT2D eigenvalue weighted by Gasteiger charge is 2.17. The van der Waals surface area contributed by atoms with Crippen LogP contribution in [0, 0.1) is 0 Å². The van der Waals surface area contributed by atoms with Crippen LogP contribution in [0.4, 0.5) is 0 Å². The monoisotopic (exact) mass is 463 g/mol. The van der Waals surface area contributed by atoms with Crippen molar-refractivity contribution in [1.29, 1.82) is 0 Å². The molecule has 0 atom stereocenters. The van der Waals surface area contributed by atoms with E-state index in [1.165, 1.54) is 10.8 Å². The standard InChI is InChI=1S/C31H21N5/c1-4-16-32-26(8-1)22-12-14-28-24(20-22)25-21-23(27-9-2-5-17-33-27)13-15-29(25)36(28)31-11-7-19-35(31)30-10-3-6-18-34-30/h1-21H. The molecule has 0 unspecified atom stereocenters. The highest BCUT2D eigenvalue weighted by molar-refractivity contribution is 6.11. The van der Waals surface area contributed by atoms with E-state index < -0.39 is 0 Å². The molecule has 0 radical (unpaired) electrons. The zero-order valence-corrected chi connectivity index (χ0v) is 19.4. The van der Waals surface area contributed by atoms with Crippen molar-refractivity contribution in [2.45, 2.75) is 0 Å². The number of rotatable bonds is 4. The van der Waals surface area contributed by atoms with E-state index in [-0.39, 0.29) is 0 Å². The number of hydrogen-bond acceptors (Lipinski definition) is 3. The van der Waals surface area contributed by atoms with Gasteiger partial charge in [0, 0.05) is 46.7 Å². The summed E-state index contributed by atoms with van der Waals surface area (Å²) in [4.78, 5) is 13.8. The zero-order valence-electron chi connectivity index (χ0n) is 19.4. The molecule has 170 valence electrons. The van der Waals surface area contributed by atoms with Crippen LogP contribution >= 0.6 is 0 Å². The molecule has 5 heterocycles. The molecule has 0 N–H and O–H groups in total. The molecule has 7 rings (SSSR count). The van der Waals surface area contributed by atoms with Gasteiger partial charge in [0.1, 0.15) is 11.6 Å². The van der Waals surface area contributed by atoms with Crippen molar-refractivity contribution in [3.63, 3.8) is 0 Å². The molecule has 0 saturated heterocycles. The fraction of sp³-hybridized carbons (Fsp3) is 0. The lowest BCUT2D eigenvalue weighted by Crippen LogP contribution is -2.04. The van der Waals surface area contributed by atoms with E-state index in [1.54, 1.807) is 0 Å². The zero-order chi connectivity index (χ0) is 23.9. The third kappa shape index (κ3) is 3.29. The molecule has 5 heteroatoms.